The Morgan fingerprint density at radius 1 is 1.07 bits per heavy atom. The quantitative estimate of drug-likeness (QED) is 0.522. The molecule has 4 nitrogen and oxygen atoms in total. The molecule has 136 valence electrons. The molecule has 1 amide bonds. The molecule has 0 fully saturated rings. The number of fused-ring (bicyclic) bond motifs is 1. The molecule has 0 radical (unpaired) electrons. The van der Waals surface area contributed by atoms with E-state index in [1.807, 2.05) is 73.2 Å². The fourth-order valence-electron chi connectivity index (χ4n) is 3.23. The van der Waals surface area contributed by atoms with Crippen molar-refractivity contribution in [1.29, 1.82) is 0 Å². The van der Waals surface area contributed by atoms with Gasteiger partial charge < -0.3 is 14.6 Å². The van der Waals surface area contributed by atoms with Crippen molar-refractivity contribution in [2.24, 2.45) is 0 Å². The minimum atomic E-state index is -0.159. The molecule has 0 saturated carbocycles. The van der Waals surface area contributed by atoms with Crippen LogP contribution in [0.25, 0.3) is 10.9 Å². The zero-order valence-electron chi connectivity index (χ0n) is 15.0. The van der Waals surface area contributed by atoms with Crippen LogP contribution in [0.1, 0.15) is 16.5 Å². The molecule has 0 saturated heterocycles. The van der Waals surface area contributed by atoms with Crippen LogP contribution in [0.3, 0.4) is 0 Å². The van der Waals surface area contributed by atoms with E-state index in [0.717, 1.165) is 21.3 Å². The second-order valence-electron chi connectivity index (χ2n) is 6.31. The average Bonchev–Trinajstić information content (AvgIpc) is 3.38. The summed E-state index contributed by atoms with van der Waals surface area (Å²) in [7, 11) is 1.84. The molecule has 0 aliphatic rings. The molecule has 0 aliphatic carbocycles. The lowest BCUT2D eigenvalue weighted by Crippen LogP contribution is -2.35. The smallest absolute Gasteiger partial charge is 0.261 e. The fourth-order valence-corrected chi connectivity index (χ4v) is 4.11. The van der Waals surface area contributed by atoms with Gasteiger partial charge in [0.05, 0.1) is 6.04 Å². The summed E-state index contributed by atoms with van der Waals surface area (Å²) < 4.78 is 5.67. The Morgan fingerprint density at radius 2 is 1.85 bits per heavy atom. The summed E-state index contributed by atoms with van der Waals surface area (Å²) >= 11 is 1.65. The fraction of sp³-hybridized carbons (Fsp3) is 0.136. The van der Waals surface area contributed by atoms with Gasteiger partial charge in [-0.3, -0.25) is 4.79 Å². The van der Waals surface area contributed by atoms with Crippen molar-refractivity contribution in [1.82, 2.24) is 9.88 Å². The third-order valence-corrected chi connectivity index (χ3v) is 5.54. The second kappa shape index (κ2) is 7.68. The number of ether oxygens (including phenoxy) is 1. The third kappa shape index (κ3) is 3.59. The highest BCUT2D eigenvalue weighted by molar-refractivity contribution is 7.10. The Labute approximate surface area is 162 Å². The molecule has 1 atom stereocenters. The summed E-state index contributed by atoms with van der Waals surface area (Å²) in [6.45, 7) is 0.00471. The normalized spacial score (nSPS) is 12.0. The Balaban J connectivity index is 1.62. The van der Waals surface area contributed by atoms with Gasteiger partial charge in [-0.2, -0.15) is 0 Å². The van der Waals surface area contributed by atoms with Crippen molar-refractivity contribution in [2.45, 2.75) is 6.04 Å². The van der Waals surface area contributed by atoms with Gasteiger partial charge in [0.15, 0.2) is 6.61 Å². The van der Waals surface area contributed by atoms with Gasteiger partial charge in [0.25, 0.3) is 5.91 Å². The van der Waals surface area contributed by atoms with Gasteiger partial charge in [-0.1, -0.05) is 42.5 Å². The van der Waals surface area contributed by atoms with Crippen molar-refractivity contribution in [3.8, 4) is 5.75 Å². The first-order valence-electron chi connectivity index (χ1n) is 8.77. The van der Waals surface area contributed by atoms with Crippen LogP contribution in [0.2, 0.25) is 0 Å². The monoisotopic (exact) mass is 376 g/mol. The summed E-state index contributed by atoms with van der Waals surface area (Å²) in [6.07, 6.45) is 2.00. The Kier molecular flexibility index (Phi) is 4.94. The van der Waals surface area contributed by atoms with Crippen LogP contribution in [-0.2, 0) is 4.79 Å². The number of aromatic amines is 1. The molecular weight excluding hydrogens is 356 g/mol. The maximum absolute atomic E-state index is 12.9. The maximum Gasteiger partial charge on any atom is 0.261 e. The molecule has 0 aliphatic heterocycles. The Morgan fingerprint density at radius 3 is 2.63 bits per heavy atom. The summed E-state index contributed by atoms with van der Waals surface area (Å²) in [5, 5.41) is 3.16. The SMILES string of the molecule is CN(C(=O)COc1ccccc1)C(c1cccs1)c1c[nH]c2ccccc12. The predicted octanol–water partition coefficient (Wildman–Crippen LogP) is 4.86. The molecule has 2 aromatic heterocycles. The number of H-pyrrole nitrogens is 1. The lowest BCUT2D eigenvalue weighted by molar-refractivity contribution is -0.133. The number of carbonyl (C=O) groups is 1. The number of nitrogens with one attached hydrogen (secondary N) is 1. The molecule has 1 N–H and O–H groups in total. The van der Waals surface area contributed by atoms with E-state index in [1.54, 1.807) is 16.2 Å². The second-order valence-corrected chi connectivity index (χ2v) is 7.29. The van der Waals surface area contributed by atoms with Crippen LogP contribution < -0.4 is 4.74 Å². The molecule has 4 rings (SSSR count). The largest absolute Gasteiger partial charge is 0.484 e. The van der Waals surface area contributed by atoms with E-state index in [9.17, 15) is 4.79 Å². The summed E-state index contributed by atoms with van der Waals surface area (Å²) in [5.41, 5.74) is 2.15. The number of likely N-dealkylation sites (N-methyl/N-ethyl adjacent to an activating group) is 1. The van der Waals surface area contributed by atoms with E-state index in [2.05, 4.69) is 17.1 Å². The predicted molar refractivity (Wildman–Crippen MR) is 109 cm³/mol. The molecule has 2 aromatic carbocycles. The molecule has 2 heterocycles. The van der Waals surface area contributed by atoms with E-state index >= 15 is 0 Å². The highest BCUT2D eigenvalue weighted by Crippen LogP contribution is 2.35. The van der Waals surface area contributed by atoms with Crippen molar-refractivity contribution >= 4 is 28.1 Å². The molecule has 4 aromatic rings. The van der Waals surface area contributed by atoms with E-state index in [4.69, 9.17) is 4.74 Å². The molecular formula is C22H20N2O2S. The zero-order chi connectivity index (χ0) is 18.6. The Hall–Kier alpha value is -3.05. The van der Waals surface area contributed by atoms with Crippen molar-refractivity contribution in [2.75, 3.05) is 13.7 Å². The number of carbonyl (C=O) groups excluding carboxylic acids is 1. The first-order chi connectivity index (χ1) is 13.2. The summed E-state index contributed by atoms with van der Waals surface area (Å²) in [5.74, 6) is 0.626. The number of hydrogen-bond acceptors (Lipinski definition) is 3. The van der Waals surface area contributed by atoms with Crippen LogP contribution in [0.4, 0.5) is 0 Å². The summed E-state index contributed by atoms with van der Waals surface area (Å²) in [4.78, 5) is 19.1. The third-order valence-electron chi connectivity index (χ3n) is 4.61. The number of benzene rings is 2. The molecule has 1 unspecified atom stereocenters. The van der Waals surface area contributed by atoms with E-state index < -0.39 is 0 Å². The van der Waals surface area contributed by atoms with Gasteiger partial charge in [0.2, 0.25) is 0 Å². The van der Waals surface area contributed by atoms with Crippen molar-refractivity contribution in [3.05, 3.63) is 88.7 Å². The van der Waals surface area contributed by atoms with Crippen molar-refractivity contribution in [3.63, 3.8) is 0 Å². The molecule has 0 spiro atoms. The van der Waals surface area contributed by atoms with E-state index in [1.165, 1.54) is 0 Å². The van der Waals surface area contributed by atoms with Gasteiger partial charge in [-0.25, -0.2) is 0 Å². The van der Waals surface area contributed by atoms with Gasteiger partial charge in [0.1, 0.15) is 5.75 Å². The van der Waals surface area contributed by atoms with Crippen LogP contribution in [0.5, 0.6) is 5.75 Å². The number of para-hydroxylation sites is 2. The number of amides is 1. The number of thiophene rings is 1. The van der Waals surface area contributed by atoms with Crippen LogP contribution >= 0.6 is 11.3 Å². The molecule has 5 heteroatoms. The van der Waals surface area contributed by atoms with Gasteiger partial charge in [-0.15, -0.1) is 11.3 Å². The number of nitrogens with zero attached hydrogens (tertiary/aromatic N) is 1. The summed E-state index contributed by atoms with van der Waals surface area (Å²) in [6, 6.07) is 21.5. The minimum absolute atomic E-state index is 0.00471. The first-order valence-corrected chi connectivity index (χ1v) is 9.65. The first kappa shape index (κ1) is 17.4. The minimum Gasteiger partial charge on any atom is -0.484 e. The van der Waals surface area contributed by atoms with Gasteiger partial charge in [0, 0.05) is 34.6 Å². The van der Waals surface area contributed by atoms with Gasteiger partial charge in [-0.05, 0) is 29.6 Å². The van der Waals surface area contributed by atoms with E-state index in [0.29, 0.717) is 5.75 Å². The number of rotatable bonds is 6. The van der Waals surface area contributed by atoms with Crippen LogP contribution in [-0.4, -0.2) is 29.4 Å². The van der Waals surface area contributed by atoms with Crippen molar-refractivity contribution < 1.29 is 9.53 Å². The molecule has 27 heavy (non-hydrogen) atoms. The zero-order valence-corrected chi connectivity index (χ0v) is 15.8. The maximum atomic E-state index is 12.9. The number of hydrogen-bond donors (Lipinski definition) is 1. The lowest BCUT2D eigenvalue weighted by atomic mass is 10.0. The number of aromatic nitrogens is 1. The van der Waals surface area contributed by atoms with Crippen LogP contribution in [0.15, 0.2) is 78.3 Å². The lowest BCUT2D eigenvalue weighted by Gasteiger charge is -2.27. The van der Waals surface area contributed by atoms with Gasteiger partial charge >= 0.3 is 0 Å². The van der Waals surface area contributed by atoms with Crippen LogP contribution in [0, 0.1) is 0 Å². The van der Waals surface area contributed by atoms with E-state index in [-0.39, 0.29) is 18.6 Å². The highest BCUT2D eigenvalue weighted by Gasteiger charge is 2.27. The average molecular weight is 376 g/mol. The highest BCUT2D eigenvalue weighted by atomic mass is 32.1. The topological polar surface area (TPSA) is 45.3 Å². The molecule has 0 bridgehead atoms. The Bertz CT molecular complexity index is 1020. The standard InChI is InChI=1S/C22H20N2O2S/c1-24(21(25)15-26-16-8-3-2-4-9-16)22(20-12-7-13-27-20)18-14-23-19-11-6-5-10-17(18)19/h2-14,22-23H,15H2,1H3.